The minimum Gasteiger partial charge on any atom is -0.457 e. The zero-order chi connectivity index (χ0) is 27.7. The smallest absolute Gasteiger partial charge is 0.127 e. The molecule has 0 heterocycles. The second-order valence-electron chi connectivity index (χ2n) is 9.82. The summed E-state index contributed by atoms with van der Waals surface area (Å²) >= 11 is 0. The van der Waals surface area contributed by atoms with Gasteiger partial charge in [-0.3, -0.25) is 0 Å². The SMILES string of the molecule is C(=C(c1ccccc1)c1ccccc1)c1ccc(Oc2ccc(C=C(c3ccccc3)c3ccccc3)cc2)cc1. The van der Waals surface area contributed by atoms with E-state index in [4.69, 9.17) is 4.74 Å². The summed E-state index contributed by atoms with van der Waals surface area (Å²) in [5.74, 6) is 1.61. The van der Waals surface area contributed by atoms with Crippen LogP contribution in [-0.2, 0) is 0 Å². The molecule has 0 aliphatic carbocycles. The van der Waals surface area contributed by atoms with Crippen molar-refractivity contribution in [2.24, 2.45) is 0 Å². The molecule has 0 bridgehead atoms. The molecular weight excluding hydrogens is 496 g/mol. The summed E-state index contributed by atoms with van der Waals surface area (Å²) in [5, 5.41) is 0. The van der Waals surface area contributed by atoms with E-state index in [0.29, 0.717) is 0 Å². The molecule has 0 aliphatic heterocycles. The molecule has 0 spiro atoms. The van der Waals surface area contributed by atoms with E-state index >= 15 is 0 Å². The Morgan fingerprint density at radius 3 is 0.854 bits per heavy atom. The fourth-order valence-electron chi connectivity index (χ4n) is 4.87. The van der Waals surface area contributed by atoms with Gasteiger partial charge in [-0.2, -0.15) is 0 Å². The predicted molar refractivity (Wildman–Crippen MR) is 173 cm³/mol. The van der Waals surface area contributed by atoms with Crippen molar-refractivity contribution in [2.75, 3.05) is 0 Å². The lowest BCUT2D eigenvalue weighted by molar-refractivity contribution is 0.482. The quantitative estimate of drug-likeness (QED) is 0.179. The van der Waals surface area contributed by atoms with Crippen molar-refractivity contribution in [2.45, 2.75) is 0 Å². The molecule has 196 valence electrons. The topological polar surface area (TPSA) is 9.23 Å². The molecule has 0 radical (unpaired) electrons. The average Bonchev–Trinajstić information content (AvgIpc) is 3.06. The van der Waals surface area contributed by atoms with Crippen LogP contribution in [0, 0.1) is 0 Å². The lowest BCUT2D eigenvalue weighted by Crippen LogP contribution is -1.89. The Morgan fingerprint density at radius 1 is 0.317 bits per heavy atom. The van der Waals surface area contributed by atoms with Gasteiger partial charge in [0.1, 0.15) is 11.5 Å². The van der Waals surface area contributed by atoms with Crippen LogP contribution in [0.15, 0.2) is 170 Å². The summed E-state index contributed by atoms with van der Waals surface area (Å²) in [4.78, 5) is 0. The molecule has 1 nitrogen and oxygen atoms in total. The first-order valence-electron chi connectivity index (χ1n) is 13.8. The zero-order valence-corrected chi connectivity index (χ0v) is 22.7. The Hall–Kier alpha value is -5.40. The Balaban J connectivity index is 1.21. The predicted octanol–water partition coefficient (Wildman–Crippen LogP) is 10.7. The molecule has 0 amide bonds. The Morgan fingerprint density at radius 2 is 0.585 bits per heavy atom. The van der Waals surface area contributed by atoms with Crippen molar-refractivity contribution < 1.29 is 4.74 Å². The molecule has 0 aliphatic rings. The lowest BCUT2D eigenvalue weighted by Gasteiger charge is -2.11. The molecule has 0 unspecified atom stereocenters. The largest absolute Gasteiger partial charge is 0.457 e. The van der Waals surface area contributed by atoms with E-state index in [9.17, 15) is 0 Å². The van der Waals surface area contributed by atoms with Gasteiger partial charge in [0, 0.05) is 0 Å². The van der Waals surface area contributed by atoms with Crippen LogP contribution >= 0.6 is 0 Å². The third-order valence-corrected chi connectivity index (χ3v) is 6.96. The van der Waals surface area contributed by atoms with Gasteiger partial charge in [-0.1, -0.05) is 146 Å². The van der Waals surface area contributed by atoms with Crippen molar-refractivity contribution in [3.63, 3.8) is 0 Å². The van der Waals surface area contributed by atoms with Gasteiger partial charge in [-0.05, 0) is 80.9 Å². The molecule has 6 aromatic carbocycles. The van der Waals surface area contributed by atoms with E-state index < -0.39 is 0 Å². The van der Waals surface area contributed by atoms with Crippen molar-refractivity contribution in [3.05, 3.63) is 203 Å². The highest BCUT2D eigenvalue weighted by Gasteiger charge is 2.07. The van der Waals surface area contributed by atoms with E-state index in [1.807, 2.05) is 48.5 Å². The van der Waals surface area contributed by atoms with Gasteiger partial charge in [-0.25, -0.2) is 0 Å². The molecule has 0 fully saturated rings. The van der Waals surface area contributed by atoms with E-state index in [2.05, 4.69) is 133 Å². The molecule has 0 atom stereocenters. The van der Waals surface area contributed by atoms with Gasteiger partial charge in [0.25, 0.3) is 0 Å². The Bertz CT molecular complexity index is 1520. The van der Waals surface area contributed by atoms with Crippen LogP contribution in [0.25, 0.3) is 23.3 Å². The highest BCUT2D eigenvalue weighted by atomic mass is 16.5. The summed E-state index contributed by atoms with van der Waals surface area (Å²) in [6.45, 7) is 0. The van der Waals surface area contributed by atoms with Crippen molar-refractivity contribution in [1.29, 1.82) is 0 Å². The summed E-state index contributed by atoms with van der Waals surface area (Å²) in [6.07, 6.45) is 4.46. The van der Waals surface area contributed by atoms with E-state index in [1.54, 1.807) is 0 Å². The summed E-state index contributed by atoms with van der Waals surface area (Å²) in [5.41, 5.74) is 9.38. The Kier molecular flexibility index (Phi) is 7.97. The summed E-state index contributed by atoms with van der Waals surface area (Å²) in [6, 6.07) is 58.5. The molecule has 0 saturated carbocycles. The fourth-order valence-corrected chi connectivity index (χ4v) is 4.87. The maximum Gasteiger partial charge on any atom is 0.127 e. The zero-order valence-electron chi connectivity index (χ0n) is 22.7. The van der Waals surface area contributed by atoms with E-state index in [1.165, 1.54) is 33.4 Å². The molecule has 0 N–H and O–H groups in total. The van der Waals surface area contributed by atoms with Crippen LogP contribution in [-0.4, -0.2) is 0 Å². The van der Waals surface area contributed by atoms with Crippen LogP contribution in [0.3, 0.4) is 0 Å². The number of benzene rings is 6. The normalized spacial score (nSPS) is 10.4. The summed E-state index contributed by atoms with van der Waals surface area (Å²) in [7, 11) is 0. The summed E-state index contributed by atoms with van der Waals surface area (Å²) < 4.78 is 6.20. The van der Waals surface area contributed by atoms with Gasteiger partial charge < -0.3 is 4.74 Å². The number of hydrogen-bond donors (Lipinski definition) is 0. The maximum atomic E-state index is 6.20. The third kappa shape index (κ3) is 6.61. The van der Waals surface area contributed by atoms with Crippen LogP contribution in [0.5, 0.6) is 11.5 Å². The molecule has 6 rings (SSSR count). The second kappa shape index (κ2) is 12.6. The minimum absolute atomic E-state index is 0.806. The first-order valence-corrected chi connectivity index (χ1v) is 13.8. The minimum atomic E-state index is 0.806. The molecule has 1 heteroatoms. The highest BCUT2D eigenvalue weighted by Crippen LogP contribution is 2.29. The number of ether oxygens (including phenoxy) is 1. The molecule has 0 aromatic heterocycles. The second-order valence-corrected chi connectivity index (χ2v) is 9.82. The molecular formula is C40H30O. The van der Waals surface area contributed by atoms with Crippen LogP contribution < -0.4 is 4.74 Å². The highest BCUT2D eigenvalue weighted by molar-refractivity contribution is 5.92. The van der Waals surface area contributed by atoms with Crippen LogP contribution in [0.1, 0.15) is 33.4 Å². The average molecular weight is 527 g/mol. The molecule has 0 saturated heterocycles. The van der Waals surface area contributed by atoms with Crippen molar-refractivity contribution >= 4 is 23.3 Å². The monoisotopic (exact) mass is 526 g/mol. The van der Waals surface area contributed by atoms with Crippen LogP contribution in [0.4, 0.5) is 0 Å². The van der Waals surface area contributed by atoms with E-state index in [0.717, 1.165) is 22.6 Å². The standard InChI is InChI=1S/C40H30O/c1-5-13-33(14-6-1)39(34-15-7-2-8-16-34)29-31-21-25-37(26-22-31)41-38-27-23-32(24-28-38)30-40(35-17-9-3-10-18-35)36-19-11-4-12-20-36/h1-30H. The molecule has 41 heavy (non-hydrogen) atoms. The van der Waals surface area contributed by atoms with Gasteiger partial charge >= 0.3 is 0 Å². The third-order valence-electron chi connectivity index (χ3n) is 6.96. The molecule has 6 aromatic rings. The first-order chi connectivity index (χ1) is 20.3. The van der Waals surface area contributed by atoms with Gasteiger partial charge in [0.2, 0.25) is 0 Å². The van der Waals surface area contributed by atoms with Gasteiger partial charge in [0.05, 0.1) is 0 Å². The number of rotatable bonds is 8. The van der Waals surface area contributed by atoms with Crippen LogP contribution in [0.2, 0.25) is 0 Å². The van der Waals surface area contributed by atoms with E-state index in [-0.39, 0.29) is 0 Å². The fraction of sp³-hybridized carbons (Fsp3) is 0. The lowest BCUT2D eigenvalue weighted by atomic mass is 9.96. The van der Waals surface area contributed by atoms with Gasteiger partial charge in [-0.15, -0.1) is 0 Å². The van der Waals surface area contributed by atoms with Gasteiger partial charge in [0.15, 0.2) is 0 Å². The number of hydrogen-bond acceptors (Lipinski definition) is 1. The first kappa shape index (κ1) is 25.9. The van der Waals surface area contributed by atoms with Crippen molar-refractivity contribution in [1.82, 2.24) is 0 Å². The van der Waals surface area contributed by atoms with Crippen molar-refractivity contribution in [3.8, 4) is 11.5 Å². The maximum absolute atomic E-state index is 6.20. The Labute approximate surface area is 242 Å².